The van der Waals surface area contributed by atoms with Crippen LogP contribution in [0, 0.1) is 17.1 Å². The van der Waals surface area contributed by atoms with E-state index in [1.807, 2.05) is 4.72 Å². The standard InChI is InChI=1S/C11H11FN2O4S/c1-2-18-11(15)7-19(16,17)14-10-5-3-4-9(12)8(10)6-13/h3-5,14H,2,7H2,1H3. The van der Waals surface area contributed by atoms with Crippen LogP contribution in [0.25, 0.3) is 0 Å². The predicted molar refractivity (Wildman–Crippen MR) is 65.2 cm³/mol. The van der Waals surface area contributed by atoms with Gasteiger partial charge in [-0.2, -0.15) is 5.26 Å². The topological polar surface area (TPSA) is 96.3 Å². The number of hydrogen-bond acceptors (Lipinski definition) is 5. The molecule has 0 bridgehead atoms. The maximum Gasteiger partial charge on any atom is 0.323 e. The molecule has 1 N–H and O–H groups in total. The van der Waals surface area contributed by atoms with Gasteiger partial charge in [0.15, 0.2) is 5.75 Å². The molecular weight excluding hydrogens is 275 g/mol. The van der Waals surface area contributed by atoms with E-state index >= 15 is 0 Å². The molecular formula is C11H11FN2O4S. The number of carbonyl (C=O) groups is 1. The molecule has 0 saturated heterocycles. The van der Waals surface area contributed by atoms with Crippen LogP contribution in [0.1, 0.15) is 12.5 Å². The molecule has 0 aliphatic rings. The summed E-state index contributed by atoms with van der Waals surface area (Å²) in [6.45, 7) is 1.59. The number of benzene rings is 1. The maximum atomic E-state index is 13.3. The fraction of sp³-hybridized carbons (Fsp3) is 0.273. The molecule has 102 valence electrons. The van der Waals surface area contributed by atoms with E-state index in [1.54, 1.807) is 6.07 Å². The first-order valence-corrected chi connectivity index (χ1v) is 6.89. The van der Waals surface area contributed by atoms with Crippen LogP contribution in [0.5, 0.6) is 0 Å². The molecule has 0 aliphatic carbocycles. The van der Waals surface area contributed by atoms with E-state index in [1.165, 1.54) is 19.1 Å². The van der Waals surface area contributed by atoms with Crippen molar-refractivity contribution in [3.05, 3.63) is 29.6 Å². The van der Waals surface area contributed by atoms with Gasteiger partial charge in [-0.15, -0.1) is 0 Å². The lowest BCUT2D eigenvalue weighted by Crippen LogP contribution is -2.24. The molecule has 1 aromatic rings. The second kappa shape index (κ2) is 6.15. The van der Waals surface area contributed by atoms with Crippen molar-refractivity contribution in [2.24, 2.45) is 0 Å². The highest BCUT2D eigenvalue weighted by Gasteiger charge is 2.19. The zero-order chi connectivity index (χ0) is 14.5. The quantitative estimate of drug-likeness (QED) is 0.815. The van der Waals surface area contributed by atoms with Crippen molar-refractivity contribution in [1.82, 2.24) is 0 Å². The monoisotopic (exact) mass is 286 g/mol. The first kappa shape index (κ1) is 14.9. The van der Waals surface area contributed by atoms with Gasteiger partial charge in [-0.05, 0) is 19.1 Å². The second-order valence-corrected chi connectivity index (χ2v) is 5.16. The Balaban J connectivity index is 2.94. The summed E-state index contributed by atoms with van der Waals surface area (Å²) in [6.07, 6.45) is 0. The van der Waals surface area contributed by atoms with Gasteiger partial charge in [0.05, 0.1) is 12.3 Å². The highest BCUT2D eigenvalue weighted by atomic mass is 32.2. The number of halogens is 1. The molecule has 0 atom stereocenters. The molecule has 8 heteroatoms. The largest absolute Gasteiger partial charge is 0.465 e. The lowest BCUT2D eigenvalue weighted by Gasteiger charge is -2.09. The Kier molecular flexibility index (Phi) is 4.83. The van der Waals surface area contributed by atoms with Crippen molar-refractivity contribution in [2.45, 2.75) is 6.92 Å². The molecule has 0 aromatic heterocycles. The summed E-state index contributed by atoms with van der Waals surface area (Å²) in [5.41, 5.74) is -0.651. The third kappa shape index (κ3) is 4.22. The Hall–Kier alpha value is -2.14. The molecule has 0 saturated carbocycles. The van der Waals surface area contributed by atoms with Crippen LogP contribution in [-0.4, -0.2) is 26.7 Å². The molecule has 0 radical (unpaired) electrons. The maximum absolute atomic E-state index is 13.3. The minimum Gasteiger partial charge on any atom is -0.465 e. The first-order chi connectivity index (χ1) is 8.89. The minimum atomic E-state index is -4.05. The van der Waals surface area contributed by atoms with Crippen molar-refractivity contribution < 1.29 is 22.3 Å². The van der Waals surface area contributed by atoms with Gasteiger partial charge >= 0.3 is 5.97 Å². The number of nitrogens with zero attached hydrogens (tertiary/aromatic N) is 1. The van der Waals surface area contributed by atoms with Gasteiger partial charge in [0, 0.05) is 0 Å². The van der Waals surface area contributed by atoms with Gasteiger partial charge in [0.2, 0.25) is 10.0 Å². The van der Waals surface area contributed by atoms with Gasteiger partial charge in [0.25, 0.3) is 0 Å². The molecule has 0 fully saturated rings. The Morgan fingerprint density at radius 1 is 1.53 bits per heavy atom. The smallest absolute Gasteiger partial charge is 0.323 e. The zero-order valence-electron chi connectivity index (χ0n) is 10.0. The first-order valence-electron chi connectivity index (χ1n) is 5.24. The van der Waals surface area contributed by atoms with Gasteiger partial charge in [-0.25, -0.2) is 12.8 Å². The van der Waals surface area contributed by atoms with Crippen LogP contribution >= 0.6 is 0 Å². The number of ether oxygens (including phenoxy) is 1. The van der Waals surface area contributed by atoms with Crippen molar-refractivity contribution >= 4 is 21.7 Å². The van der Waals surface area contributed by atoms with Crippen LogP contribution in [0.3, 0.4) is 0 Å². The summed E-state index contributed by atoms with van der Waals surface area (Å²) in [7, 11) is -4.05. The van der Waals surface area contributed by atoms with Gasteiger partial charge in [0.1, 0.15) is 17.4 Å². The summed E-state index contributed by atoms with van der Waals surface area (Å²) >= 11 is 0. The third-order valence-corrected chi connectivity index (χ3v) is 3.15. The summed E-state index contributed by atoms with van der Waals surface area (Å²) in [6, 6.07) is 5.05. The Labute approximate surface area is 109 Å². The SMILES string of the molecule is CCOC(=O)CS(=O)(=O)Nc1cccc(F)c1C#N. The summed E-state index contributed by atoms with van der Waals surface area (Å²) in [4.78, 5) is 11.1. The summed E-state index contributed by atoms with van der Waals surface area (Å²) in [5, 5.41) is 8.75. The number of anilines is 1. The van der Waals surface area contributed by atoms with E-state index in [4.69, 9.17) is 5.26 Å². The molecule has 19 heavy (non-hydrogen) atoms. The van der Waals surface area contributed by atoms with E-state index in [9.17, 15) is 17.6 Å². The highest BCUT2D eigenvalue weighted by molar-refractivity contribution is 7.93. The lowest BCUT2D eigenvalue weighted by molar-refractivity contribution is -0.139. The molecule has 0 unspecified atom stereocenters. The van der Waals surface area contributed by atoms with Gasteiger partial charge < -0.3 is 4.74 Å². The highest BCUT2D eigenvalue weighted by Crippen LogP contribution is 2.19. The Morgan fingerprint density at radius 2 is 2.21 bits per heavy atom. The van der Waals surface area contributed by atoms with Crippen LogP contribution < -0.4 is 4.72 Å². The van der Waals surface area contributed by atoms with Gasteiger partial charge in [-0.1, -0.05) is 6.07 Å². The fourth-order valence-corrected chi connectivity index (χ4v) is 2.26. The average Bonchev–Trinajstić information content (AvgIpc) is 2.28. The third-order valence-electron chi connectivity index (χ3n) is 2.00. The molecule has 6 nitrogen and oxygen atoms in total. The van der Waals surface area contributed by atoms with Crippen molar-refractivity contribution in [2.75, 3.05) is 17.1 Å². The number of esters is 1. The predicted octanol–water partition coefficient (Wildman–Crippen LogP) is 1.00. The van der Waals surface area contributed by atoms with E-state index < -0.39 is 33.1 Å². The Bertz CT molecular complexity index is 622. The molecule has 0 aliphatic heterocycles. The summed E-state index contributed by atoms with van der Waals surface area (Å²) in [5.74, 6) is -2.67. The van der Waals surface area contributed by atoms with E-state index in [0.717, 1.165) is 6.07 Å². The molecule has 1 aromatic carbocycles. The normalized spacial score (nSPS) is 10.6. The van der Waals surface area contributed by atoms with Crippen LogP contribution in [0.4, 0.5) is 10.1 Å². The zero-order valence-corrected chi connectivity index (χ0v) is 10.8. The number of nitriles is 1. The molecule has 0 spiro atoms. The van der Waals surface area contributed by atoms with Crippen molar-refractivity contribution in [3.63, 3.8) is 0 Å². The number of rotatable bonds is 5. The van der Waals surface area contributed by atoms with E-state index in [-0.39, 0.29) is 12.3 Å². The number of hydrogen-bond donors (Lipinski definition) is 1. The number of sulfonamides is 1. The molecule has 0 amide bonds. The van der Waals surface area contributed by atoms with E-state index in [0.29, 0.717) is 0 Å². The number of nitrogens with one attached hydrogen (secondary N) is 1. The average molecular weight is 286 g/mol. The Morgan fingerprint density at radius 3 is 2.79 bits per heavy atom. The second-order valence-electron chi connectivity index (χ2n) is 3.44. The fourth-order valence-electron chi connectivity index (χ4n) is 1.28. The van der Waals surface area contributed by atoms with Crippen molar-refractivity contribution in [3.8, 4) is 6.07 Å². The van der Waals surface area contributed by atoms with Crippen LogP contribution in [0.15, 0.2) is 18.2 Å². The van der Waals surface area contributed by atoms with Crippen molar-refractivity contribution in [1.29, 1.82) is 5.26 Å². The molecule has 1 rings (SSSR count). The molecule has 0 heterocycles. The van der Waals surface area contributed by atoms with Crippen LogP contribution in [-0.2, 0) is 19.6 Å². The van der Waals surface area contributed by atoms with Gasteiger partial charge in [-0.3, -0.25) is 9.52 Å². The summed E-state index contributed by atoms with van der Waals surface area (Å²) < 4.78 is 43.0. The van der Waals surface area contributed by atoms with E-state index in [2.05, 4.69) is 4.74 Å². The number of carbonyl (C=O) groups excluding carboxylic acids is 1. The minimum absolute atomic E-state index is 0.0533. The van der Waals surface area contributed by atoms with Crippen LogP contribution in [0.2, 0.25) is 0 Å². The lowest BCUT2D eigenvalue weighted by atomic mass is 10.2.